The lowest BCUT2D eigenvalue weighted by atomic mass is 9.85. The number of amides is 1. The van der Waals surface area contributed by atoms with Crippen LogP contribution in [0.3, 0.4) is 0 Å². The lowest BCUT2D eigenvalue weighted by Gasteiger charge is -2.38. The maximum Gasteiger partial charge on any atom is 0.223 e. The molecule has 3 rings (SSSR count). The standard InChI is InChI=1S/C20H22BrClFN3O3S/c1-12(13-2-6-15(23)7-3-13)25-20(27)14-4-8-16(9-5-14)26(30(28)29)17-10-18(21)19(22)24-11-17/h2-3,6-7,10-12,14,16H,4-5,8-9H2,1H3,(H,25,27)(H,28,29)/p-1/t12-,14?,16?/m1/s1. The van der Waals surface area contributed by atoms with Crippen molar-refractivity contribution in [3.05, 3.63) is 57.5 Å². The predicted molar refractivity (Wildman–Crippen MR) is 117 cm³/mol. The maximum atomic E-state index is 13.1. The molecule has 1 aromatic carbocycles. The van der Waals surface area contributed by atoms with Gasteiger partial charge in [0.1, 0.15) is 11.0 Å². The zero-order valence-corrected chi connectivity index (χ0v) is 19.3. The molecule has 1 saturated carbocycles. The van der Waals surface area contributed by atoms with E-state index in [1.54, 1.807) is 18.2 Å². The number of hydrogen-bond acceptors (Lipinski definition) is 4. The minimum atomic E-state index is -2.48. The van der Waals surface area contributed by atoms with Crippen molar-refractivity contribution < 1.29 is 17.9 Å². The summed E-state index contributed by atoms with van der Waals surface area (Å²) in [5.74, 6) is -0.587. The maximum absolute atomic E-state index is 13.1. The van der Waals surface area contributed by atoms with Crippen LogP contribution in [0.25, 0.3) is 0 Å². The van der Waals surface area contributed by atoms with E-state index in [1.165, 1.54) is 22.6 Å². The lowest BCUT2D eigenvalue weighted by Crippen LogP contribution is -2.42. The van der Waals surface area contributed by atoms with E-state index in [1.807, 2.05) is 6.92 Å². The highest BCUT2D eigenvalue weighted by atomic mass is 79.9. The lowest BCUT2D eigenvalue weighted by molar-refractivity contribution is -0.126. The zero-order valence-electron chi connectivity index (χ0n) is 16.2. The van der Waals surface area contributed by atoms with E-state index in [0.29, 0.717) is 35.8 Å². The van der Waals surface area contributed by atoms with Crippen LogP contribution < -0.4 is 9.62 Å². The fraction of sp³-hybridized carbons (Fsp3) is 0.400. The molecule has 1 aliphatic rings. The van der Waals surface area contributed by atoms with Gasteiger partial charge in [0, 0.05) is 23.2 Å². The first-order valence-corrected chi connectivity index (χ1v) is 11.7. The fourth-order valence-electron chi connectivity index (χ4n) is 3.69. The molecule has 0 bridgehead atoms. The Labute approximate surface area is 190 Å². The molecule has 10 heteroatoms. The van der Waals surface area contributed by atoms with Crippen molar-refractivity contribution in [3.8, 4) is 0 Å². The number of carbonyl (C=O) groups excluding carboxylic acids is 1. The van der Waals surface area contributed by atoms with Crippen LogP contribution in [0.1, 0.15) is 44.2 Å². The normalized spacial score (nSPS) is 21.0. The van der Waals surface area contributed by atoms with Crippen LogP contribution >= 0.6 is 27.5 Å². The van der Waals surface area contributed by atoms with E-state index in [0.717, 1.165) is 5.56 Å². The van der Waals surface area contributed by atoms with Crippen molar-refractivity contribution in [3.63, 3.8) is 0 Å². The average molecular weight is 518 g/mol. The molecule has 1 aliphatic carbocycles. The van der Waals surface area contributed by atoms with Crippen molar-refractivity contribution >= 4 is 50.4 Å². The number of anilines is 1. The van der Waals surface area contributed by atoms with Gasteiger partial charge < -0.3 is 9.87 Å². The molecule has 2 aromatic rings. The molecular weight excluding hydrogens is 497 g/mol. The summed E-state index contributed by atoms with van der Waals surface area (Å²) >= 11 is 6.69. The van der Waals surface area contributed by atoms with Crippen LogP contribution in [0, 0.1) is 11.7 Å². The smallest absolute Gasteiger partial charge is 0.223 e. The van der Waals surface area contributed by atoms with E-state index in [4.69, 9.17) is 11.6 Å². The first-order chi connectivity index (χ1) is 14.3. The molecule has 0 aliphatic heterocycles. The molecule has 1 heterocycles. The van der Waals surface area contributed by atoms with Crippen LogP contribution in [0.2, 0.25) is 5.15 Å². The number of rotatable bonds is 6. The number of hydrogen-bond donors (Lipinski definition) is 1. The third-order valence-electron chi connectivity index (χ3n) is 5.32. The monoisotopic (exact) mass is 516 g/mol. The van der Waals surface area contributed by atoms with Crippen LogP contribution in [-0.2, 0) is 16.1 Å². The van der Waals surface area contributed by atoms with Gasteiger partial charge in [-0.05, 0) is 72.3 Å². The molecule has 6 nitrogen and oxygen atoms in total. The minimum Gasteiger partial charge on any atom is -0.755 e. The molecular formula is C20H21BrClFN3O3S-. The van der Waals surface area contributed by atoms with Gasteiger partial charge >= 0.3 is 0 Å². The molecule has 162 valence electrons. The molecule has 1 aromatic heterocycles. The largest absolute Gasteiger partial charge is 0.755 e. The summed E-state index contributed by atoms with van der Waals surface area (Å²) < 4.78 is 38.6. The van der Waals surface area contributed by atoms with Gasteiger partial charge in [-0.3, -0.25) is 13.3 Å². The quantitative estimate of drug-likeness (QED) is 0.446. The van der Waals surface area contributed by atoms with Gasteiger partial charge in [0.2, 0.25) is 5.91 Å². The highest BCUT2D eigenvalue weighted by molar-refractivity contribution is 9.10. The van der Waals surface area contributed by atoms with Crippen LogP contribution in [-0.4, -0.2) is 25.7 Å². The van der Waals surface area contributed by atoms with Gasteiger partial charge in [-0.2, -0.15) is 0 Å². The Morgan fingerprint density at radius 3 is 2.53 bits per heavy atom. The van der Waals surface area contributed by atoms with Crippen LogP contribution in [0.5, 0.6) is 0 Å². The van der Waals surface area contributed by atoms with Crippen molar-refractivity contribution in [1.82, 2.24) is 10.3 Å². The Balaban J connectivity index is 1.61. The molecule has 30 heavy (non-hydrogen) atoms. The predicted octanol–water partition coefficient (Wildman–Crippen LogP) is 4.67. The summed E-state index contributed by atoms with van der Waals surface area (Å²) in [6.45, 7) is 1.85. The summed E-state index contributed by atoms with van der Waals surface area (Å²) in [4.78, 5) is 16.7. The second-order valence-corrected chi connectivity index (χ2v) is 9.34. The Hall–Kier alpha value is -1.55. The Kier molecular flexibility index (Phi) is 7.84. The van der Waals surface area contributed by atoms with Gasteiger partial charge in [0.15, 0.2) is 0 Å². The van der Waals surface area contributed by atoms with Gasteiger partial charge in [0.25, 0.3) is 0 Å². The highest BCUT2D eigenvalue weighted by Crippen LogP contribution is 2.33. The van der Waals surface area contributed by atoms with Crippen molar-refractivity contribution in [1.29, 1.82) is 0 Å². The molecule has 0 radical (unpaired) electrons. The minimum absolute atomic E-state index is 0.0732. The molecule has 1 fully saturated rings. The SMILES string of the molecule is C[C@@H](NC(=O)C1CCC(N(c2cnc(Cl)c(Br)c2)S(=O)[O-])CC1)c1ccc(F)cc1. The third kappa shape index (κ3) is 5.57. The highest BCUT2D eigenvalue weighted by Gasteiger charge is 2.31. The van der Waals surface area contributed by atoms with Crippen molar-refractivity contribution in [2.75, 3.05) is 4.31 Å². The van der Waals surface area contributed by atoms with Crippen molar-refractivity contribution in [2.24, 2.45) is 5.92 Å². The summed E-state index contributed by atoms with van der Waals surface area (Å²) in [5.41, 5.74) is 1.25. The number of pyridine rings is 1. The van der Waals surface area contributed by atoms with Gasteiger partial charge in [-0.15, -0.1) is 0 Å². The average Bonchev–Trinajstić information content (AvgIpc) is 2.71. The van der Waals surface area contributed by atoms with E-state index < -0.39 is 11.3 Å². The van der Waals surface area contributed by atoms with E-state index in [9.17, 15) is 17.9 Å². The second-order valence-electron chi connectivity index (χ2n) is 7.30. The van der Waals surface area contributed by atoms with E-state index in [2.05, 4.69) is 26.2 Å². The summed E-state index contributed by atoms with van der Waals surface area (Å²) in [6.07, 6.45) is 3.67. The van der Waals surface area contributed by atoms with E-state index in [-0.39, 0.29) is 34.9 Å². The molecule has 1 amide bonds. The number of benzene rings is 1. The van der Waals surface area contributed by atoms with E-state index >= 15 is 0 Å². The first-order valence-electron chi connectivity index (χ1n) is 9.51. The van der Waals surface area contributed by atoms with Gasteiger partial charge in [0.05, 0.1) is 22.4 Å². The summed E-state index contributed by atoms with van der Waals surface area (Å²) in [5, 5.41) is 3.23. The number of aromatic nitrogens is 1. The third-order valence-corrected chi connectivity index (χ3v) is 7.29. The molecule has 1 unspecified atom stereocenters. The topological polar surface area (TPSA) is 85.4 Å². The van der Waals surface area contributed by atoms with Crippen LogP contribution in [0.15, 0.2) is 41.0 Å². The number of nitrogens with zero attached hydrogens (tertiary/aromatic N) is 2. The second kappa shape index (κ2) is 10.2. The Bertz CT molecular complexity index is 926. The first kappa shape index (κ1) is 23.1. The fourth-order valence-corrected chi connectivity index (χ4v) is 4.86. The van der Waals surface area contributed by atoms with Crippen LogP contribution in [0.4, 0.5) is 10.1 Å². The van der Waals surface area contributed by atoms with Gasteiger partial charge in [-0.1, -0.05) is 23.7 Å². The Morgan fingerprint density at radius 1 is 1.33 bits per heavy atom. The zero-order chi connectivity index (χ0) is 21.8. The summed E-state index contributed by atoms with van der Waals surface area (Å²) in [6, 6.07) is 7.16. The molecule has 0 saturated heterocycles. The van der Waals surface area contributed by atoms with Crippen molar-refractivity contribution in [2.45, 2.75) is 44.7 Å². The number of halogens is 3. The summed E-state index contributed by atoms with van der Waals surface area (Å²) in [7, 11) is 0. The Morgan fingerprint density at radius 2 is 1.97 bits per heavy atom. The molecule has 1 N–H and O–H groups in total. The molecule has 2 atom stereocenters. The number of carbonyl (C=O) groups is 1. The molecule has 0 spiro atoms. The van der Waals surface area contributed by atoms with Gasteiger partial charge in [-0.25, -0.2) is 9.37 Å². The number of nitrogens with one attached hydrogen (secondary N) is 1.